The minimum absolute atomic E-state index is 0.0502. The van der Waals surface area contributed by atoms with Gasteiger partial charge in [-0.1, -0.05) is 11.6 Å². The van der Waals surface area contributed by atoms with Gasteiger partial charge in [-0.3, -0.25) is 14.6 Å². The molecule has 2 aromatic carbocycles. The summed E-state index contributed by atoms with van der Waals surface area (Å²) < 4.78 is 16.4. The SMILES string of the molecule is CCOC(=O)C1=C(CN2CCCN(C(=O)c3ccc(Cl)cc3)CC2)N(C)C(=O)NC1c1ccc(OC)cc1OC. The molecule has 2 heterocycles. The lowest BCUT2D eigenvalue weighted by atomic mass is 9.93. The fourth-order valence-electron chi connectivity index (χ4n) is 5.01. The minimum atomic E-state index is -0.784. The number of rotatable bonds is 8. The van der Waals surface area contributed by atoms with E-state index in [1.807, 2.05) is 4.90 Å². The van der Waals surface area contributed by atoms with Gasteiger partial charge in [-0.15, -0.1) is 0 Å². The van der Waals surface area contributed by atoms with Crippen LogP contribution < -0.4 is 14.8 Å². The number of hydrogen-bond acceptors (Lipinski definition) is 7. The van der Waals surface area contributed by atoms with Crippen molar-refractivity contribution in [2.24, 2.45) is 0 Å². The number of amides is 3. The Kier molecular flexibility index (Phi) is 9.54. The molecule has 40 heavy (non-hydrogen) atoms. The summed E-state index contributed by atoms with van der Waals surface area (Å²) in [6, 6.07) is 11.0. The molecule has 2 aliphatic heterocycles. The Morgan fingerprint density at radius 2 is 1.77 bits per heavy atom. The first-order chi connectivity index (χ1) is 19.3. The zero-order valence-corrected chi connectivity index (χ0v) is 24.0. The summed E-state index contributed by atoms with van der Waals surface area (Å²) in [5.41, 5.74) is 2.08. The predicted molar refractivity (Wildman–Crippen MR) is 151 cm³/mol. The summed E-state index contributed by atoms with van der Waals surface area (Å²) in [6.45, 7) is 4.63. The lowest BCUT2D eigenvalue weighted by Crippen LogP contribution is -2.49. The minimum Gasteiger partial charge on any atom is -0.497 e. The first-order valence-corrected chi connectivity index (χ1v) is 13.6. The van der Waals surface area contributed by atoms with Crippen molar-refractivity contribution in [3.8, 4) is 11.5 Å². The molecule has 0 bridgehead atoms. The van der Waals surface area contributed by atoms with E-state index >= 15 is 0 Å². The van der Waals surface area contributed by atoms with E-state index in [4.69, 9.17) is 25.8 Å². The summed E-state index contributed by atoms with van der Waals surface area (Å²) in [6.07, 6.45) is 0.743. The van der Waals surface area contributed by atoms with Gasteiger partial charge >= 0.3 is 12.0 Å². The first kappa shape index (κ1) is 29.2. The lowest BCUT2D eigenvalue weighted by molar-refractivity contribution is -0.139. The summed E-state index contributed by atoms with van der Waals surface area (Å²) in [5.74, 6) is 0.498. The number of carbonyl (C=O) groups is 3. The molecule has 10 nitrogen and oxygen atoms in total. The van der Waals surface area contributed by atoms with Crippen LogP contribution in [-0.4, -0.2) is 93.2 Å². The van der Waals surface area contributed by atoms with Crippen molar-refractivity contribution >= 4 is 29.5 Å². The Bertz CT molecular complexity index is 1280. The average Bonchev–Trinajstić information content (AvgIpc) is 3.20. The van der Waals surface area contributed by atoms with Gasteiger partial charge < -0.3 is 24.4 Å². The number of esters is 1. The number of benzene rings is 2. The molecule has 4 rings (SSSR count). The number of methoxy groups -OCH3 is 2. The van der Waals surface area contributed by atoms with Gasteiger partial charge in [0.25, 0.3) is 5.91 Å². The van der Waals surface area contributed by atoms with Gasteiger partial charge in [0.05, 0.1) is 32.4 Å². The molecule has 3 amide bonds. The number of carbonyl (C=O) groups excluding carboxylic acids is 3. The van der Waals surface area contributed by atoms with Crippen LogP contribution in [0, 0.1) is 0 Å². The number of halogens is 1. The van der Waals surface area contributed by atoms with Gasteiger partial charge in [0.1, 0.15) is 11.5 Å². The average molecular weight is 571 g/mol. The van der Waals surface area contributed by atoms with Gasteiger partial charge in [0.2, 0.25) is 0 Å². The fraction of sp³-hybridized carbons (Fsp3) is 0.414. The van der Waals surface area contributed by atoms with Crippen LogP contribution in [0.4, 0.5) is 4.79 Å². The molecule has 1 atom stereocenters. The van der Waals surface area contributed by atoms with Crippen molar-refractivity contribution in [2.45, 2.75) is 19.4 Å². The molecule has 1 N–H and O–H groups in total. The van der Waals surface area contributed by atoms with Gasteiger partial charge in [0, 0.05) is 67.7 Å². The molecule has 2 aliphatic rings. The van der Waals surface area contributed by atoms with Gasteiger partial charge in [0.15, 0.2) is 0 Å². The normalized spacial score (nSPS) is 18.2. The Labute approximate surface area is 239 Å². The van der Waals surface area contributed by atoms with Crippen LogP contribution in [0.3, 0.4) is 0 Å². The molecule has 1 unspecified atom stereocenters. The molecule has 1 saturated heterocycles. The van der Waals surface area contributed by atoms with Crippen molar-refractivity contribution < 1.29 is 28.6 Å². The summed E-state index contributed by atoms with van der Waals surface area (Å²) in [4.78, 5) is 45.1. The molecule has 0 aliphatic carbocycles. The number of urea groups is 1. The van der Waals surface area contributed by atoms with Crippen molar-refractivity contribution in [3.63, 3.8) is 0 Å². The standard InChI is InChI=1S/C29H35ClN4O6/c1-5-40-28(36)25-23(32(2)29(37)31-26(25)22-12-11-21(38-3)17-24(22)39-4)18-33-13-6-14-34(16-15-33)27(35)19-7-9-20(30)10-8-19/h7-12,17,26H,5-6,13-16,18H2,1-4H3,(H,31,37). The smallest absolute Gasteiger partial charge is 0.338 e. The van der Waals surface area contributed by atoms with Crippen LogP contribution in [0.25, 0.3) is 0 Å². The van der Waals surface area contributed by atoms with Crippen molar-refractivity contribution in [1.29, 1.82) is 0 Å². The van der Waals surface area contributed by atoms with Gasteiger partial charge in [-0.25, -0.2) is 9.59 Å². The highest BCUT2D eigenvalue weighted by atomic mass is 35.5. The van der Waals surface area contributed by atoms with E-state index < -0.39 is 12.0 Å². The van der Waals surface area contributed by atoms with Crippen LogP contribution in [0.2, 0.25) is 5.02 Å². The van der Waals surface area contributed by atoms with E-state index in [-0.39, 0.29) is 18.5 Å². The highest BCUT2D eigenvalue weighted by Gasteiger charge is 2.39. The Morgan fingerprint density at radius 3 is 2.45 bits per heavy atom. The second-order valence-electron chi connectivity index (χ2n) is 9.56. The number of hydrogen-bond donors (Lipinski definition) is 1. The van der Waals surface area contributed by atoms with Crippen molar-refractivity contribution in [1.82, 2.24) is 20.0 Å². The zero-order valence-electron chi connectivity index (χ0n) is 23.2. The van der Waals surface area contributed by atoms with E-state index in [9.17, 15) is 14.4 Å². The molecule has 0 saturated carbocycles. The summed E-state index contributed by atoms with van der Waals surface area (Å²) in [7, 11) is 4.72. The van der Waals surface area contributed by atoms with E-state index in [1.165, 1.54) is 12.0 Å². The largest absolute Gasteiger partial charge is 0.497 e. The molecule has 214 valence electrons. The molecule has 11 heteroatoms. The zero-order chi connectivity index (χ0) is 28.8. The highest BCUT2D eigenvalue weighted by Crippen LogP contribution is 2.37. The van der Waals surface area contributed by atoms with Crippen molar-refractivity contribution in [3.05, 3.63) is 69.9 Å². The maximum absolute atomic E-state index is 13.4. The Hall–Kier alpha value is -3.76. The second-order valence-corrected chi connectivity index (χ2v) is 10.00. The molecular formula is C29H35ClN4O6. The van der Waals surface area contributed by atoms with Gasteiger partial charge in [-0.05, 0) is 49.7 Å². The van der Waals surface area contributed by atoms with Crippen molar-refractivity contribution in [2.75, 3.05) is 60.6 Å². The lowest BCUT2D eigenvalue weighted by Gasteiger charge is -2.37. The third kappa shape index (κ3) is 6.34. The highest BCUT2D eigenvalue weighted by molar-refractivity contribution is 6.30. The van der Waals surface area contributed by atoms with E-state index in [0.29, 0.717) is 71.6 Å². The molecular weight excluding hydrogens is 536 g/mol. The van der Waals surface area contributed by atoms with Crippen LogP contribution in [0.5, 0.6) is 11.5 Å². The Morgan fingerprint density at radius 1 is 1.02 bits per heavy atom. The summed E-state index contributed by atoms with van der Waals surface area (Å²) in [5, 5.41) is 3.51. The van der Waals surface area contributed by atoms with E-state index in [1.54, 1.807) is 63.5 Å². The topological polar surface area (TPSA) is 101 Å². The quantitative estimate of drug-likeness (QED) is 0.483. The molecule has 2 aromatic rings. The number of ether oxygens (including phenoxy) is 3. The number of nitrogens with zero attached hydrogens (tertiary/aromatic N) is 3. The maximum Gasteiger partial charge on any atom is 0.338 e. The molecule has 1 fully saturated rings. The fourth-order valence-corrected chi connectivity index (χ4v) is 5.13. The summed E-state index contributed by atoms with van der Waals surface area (Å²) >= 11 is 5.98. The van der Waals surface area contributed by atoms with E-state index in [0.717, 1.165) is 6.42 Å². The molecule has 0 spiro atoms. The maximum atomic E-state index is 13.4. The van der Waals surface area contributed by atoms with E-state index in [2.05, 4.69) is 10.2 Å². The first-order valence-electron chi connectivity index (χ1n) is 13.2. The van der Waals surface area contributed by atoms with Crippen LogP contribution in [0.1, 0.15) is 35.3 Å². The molecule has 0 radical (unpaired) electrons. The van der Waals surface area contributed by atoms with Crippen LogP contribution in [-0.2, 0) is 9.53 Å². The van der Waals surface area contributed by atoms with Gasteiger partial charge in [-0.2, -0.15) is 0 Å². The Balaban J connectivity index is 1.63. The number of likely N-dealkylation sites (N-methyl/N-ethyl adjacent to an activating group) is 1. The predicted octanol–water partition coefficient (Wildman–Crippen LogP) is 3.72. The van der Waals surface area contributed by atoms with Crippen LogP contribution in [0.15, 0.2) is 53.7 Å². The van der Waals surface area contributed by atoms with Crippen LogP contribution >= 0.6 is 11.6 Å². The third-order valence-electron chi connectivity index (χ3n) is 7.16. The molecule has 0 aromatic heterocycles. The number of nitrogens with one attached hydrogen (secondary N) is 1. The third-order valence-corrected chi connectivity index (χ3v) is 7.42. The monoisotopic (exact) mass is 570 g/mol. The second kappa shape index (κ2) is 13.1.